The molecule has 122 valence electrons. The van der Waals surface area contributed by atoms with Crippen LogP contribution in [-0.4, -0.2) is 30.1 Å². The van der Waals surface area contributed by atoms with Gasteiger partial charge in [0.25, 0.3) is 0 Å². The predicted octanol–water partition coefficient (Wildman–Crippen LogP) is 3.17. The van der Waals surface area contributed by atoms with Crippen LogP contribution in [-0.2, 0) is 4.79 Å². The number of carbonyl (C=O) groups is 1. The van der Waals surface area contributed by atoms with E-state index in [0.29, 0.717) is 5.13 Å². The summed E-state index contributed by atoms with van der Waals surface area (Å²) < 4.78 is 6.26. The van der Waals surface area contributed by atoms with Crippen molar-refractivity contribution in [1.29, 1.82) is 0 Å². The summed E-state index contributed by atoms with van der Waals surface area (Å²) in [5.41, 5.74) is 1.13. The highest BCUT2D eigenvalue weighted by atomic mass is 32.1. The molecule has 2 fully saturated rings. The molecule has 2 aromatic rings. The number of aromatic nitrogens is 1. The first kappa shape index (κ1) is 14.9. The van der Waals surface area contributed by atoms with Crippen LogP contribution in [0.3, 0.4) is 0 Å². The summed E-state index contributed by atoms with van der Waals surface area (Å²) in [5, 5.41) is 7.31. The molecule has 2 aliphatic rings. The first-order valence-electron chi connectivity index (χ1n) is 8.18. The highest BCUT2D eigenvalue weighted by Crippen LogP contribution is 2.40. The maximum absolute atomic E-state index is 12.6. The molecule has 1 saturated carbocycles. The standard InChI is InChI=1S/C17H21N3O2S/c1-22-12-3-4-13-14(9-12)23-16(19-13)20-15(21)11-5-8-18-17(10-11)6-2-7-17/h3-4,9,11,18H,2,5-8,10H2,1H3,(H,19,20,21). The second-order valence-electron chi connectivity index (χ2n) is 6.59. The van der Waals surface area contributed by atoms with Gasteiger partial charge in [-0.2, -0.15) is 0 Å². The van der Waals surface area contributed by atoms with Crippen LogP contribution in [0.4, 0.5) is 5.13 Å². The summed E-state index contributed by atoms with van der Waals surface area (Å²) in [4.78, 5) is 17.1. The quantitative estimate of drug-likeness (QED) is 0.907. The molecule has 2 N–H and O–H groups in total. The molecule has 1 unspecified atom stereocenters. The third kappa shape index (κ3) is 2.81. The molecule has 0 radical (unpaired) electrons. The Morgan fingerprint density at radius 2 is 2.35 bits per heavy atom. The molecule has 4 rings (SSSR count). The van der Waals surface area contributed by atoms with Crippen LogP contribution < -0.4 is 15.4 Å². The molecule has 1 atom stereocenters. The SMILES string of the molecule is COc1ccc2nc(NC(=O)C3CCNC4(CCC4)C3)sc2c1. The number of rotatable bonds is 3. The Bertz CT molecular complexity index is 739. The summed E-state index contributed by atoms with van der Waals surface area (Å²) in [7, 11) is 1.65. The van der Waals surface area contributed by atoms with Crippen molar-refractivity contribution in [1.82, 2.24) is 10.3 Å². The first-order valence-corrected chi connectivity index (χ1v) is 9.00. The average Bonchev–Trinajstić information content (AvgIpc) is 2.94. The number of anilines is 1. The van der Waals surface area contributed by atoms with E-state index in [1.165, 1.54) is 30.6 Å². The van der Waals surface area contributed by atoms with E-state index in [4.69, 9.17) is 4.74 Å². The fourth-order valence-corrected chi connectivity index (χ4v) is 4.56. The van der Waals surface area contributed by atoms with E-state index in [1.54, 1.807) is 7.11 Å². The zero-order valence-electron chi connectivity index (χ0n) is 13.2. The van der Waals surface area contributed by atoms with Crippen LogP contribution in [0.15, 0.2) is 18.2 Å². The molecule has 23 heavy (non-hydrogen) atoms. The third-order valence-corrected chi connectivity index (χ3v) is 6.07. The Morgan fingerprint density at radius 1 is 1.48 bits per heavy atom. The molecule has 6 heteroatoms. The van der Waals surface area contributed by atoms with Gasteiger partial charge in [0.15, 0.2) is 5.13 Å². The smallest absolute Gasteiger partial charge is 0.229 e. The van der Waals surface area contributed by atoms with E-state index in [1.807, 2.05) is 18.2 Å². The fourth-order valence-electron chi connectivity index (χ4n) is 3.66. The van der Waals surface area contributed by atoms with Crippen molar-refractivity contribution >= 4 is 32.6 Å². The minimum atomic E-state index is 0.0955. The van der Waals surface area contributed by atoms with E-state index in [-0.39, 0.29) is 17.4 Å². The van der Waals surface area contributed by atoms with Crippen molar-refractivity contribution in [3.63, 3.8) is 0 Å². The van der Waals surface area contributed by atoms with Gasteiger partial charge in [-0.05, 0) is 56.8 Å². The van der Waals surface area contributed by atoms with Gasteiger partial charge >= 0.3 is 0 Å². The largest absolute Gasteiger partial charge is 0.497 e. The van der Waals surface area contributed by atoms with Gasteiger partial charge in [0.1, 0.15) is 5.75 Å². The zero-order valence-corrected chi connectivity index (χ0v) is 14.0. The molecular formula is C17H21N3O2S. The maximum atomic E-state index is 12.6. The lowest BCUT2D eigenvalue weighted by atomic mass is 9.68. The zero-order chi connectivity index (χ0) is 15.9. The first-order chi connectivity index (χ1) is 11.2. The fraction of sp³-hybridized carbons (Fsp3) is 0.529. The van der Waals surface area contributed by atoms with Crippen LogP contribution >= 0.6 is 11.3 Å². The molecule has 5 nitrogen and oxygen atoms in total. The Kier molecular flexibility index (Phi) is 3.73. The Morgan fingerprint density at radius 3 is 3.09 bits per heavy atom. The van der Waals surface area contributed by atoms with Gasteiger partial charge in [0.2, 0.25) is 5.91 Å². The van der Waals surface area contributed by atoms with Gasteiger partial charge in [-0.25, -0.2) is 4.98 Å². The number of hydrogen-bond acceptors (Lipinski definition) is 5. The Hall–Kier alpha value is -1.66. The minimum absolute atomic E-state index is 0.0955. The van der Waals surface area contributed by atoms with Gasteiger partial charge in [-0.1, -0.05) is 11.3 Å². The number of methoxy groups -OCH3 is 1. The number of benzene rings is 1. The molecular weight excluding hydrogens is 310 g/mol. The van der Waals surface area contributed by atoms with Gasteiger partial charge in [0.05, 0.1) is 17.3 Å². The van der Waals surface area contributed by atoms with Gasteiger partial charge in [-0.15, -0.1) is 0 Å². The Labute approximate surface area is 139 Å². The number of carbonyl (C=O) groups excluding carboxylic acids is 1. The van der Waals surface area contributed by atoms with E-state index in [9.17, 15) is 4.79 Å². The number of hydrogen-bond donors (Lipinski definition) is 2. The normalized spacial score (nSPS) is 22.7. The predicted molar refractivity (Wildman–Crippen MR) is 92.1 cm³/mol. The lowest BCUT2D eigenvalue weighted by Gasteiger charge is -2.48. The highest BCUT2D eigenvalue weighted by Gasteiger charge is 2.42. The second kappa shape index (κ2) is 5.76. The maximum Gasteiger partial charge on any atom is 0.229 e. The summed E-state index contributed by atoms with van der Waals surface area (Å²) >= 11 is 1.50. The van der Waals surface area contributed by atoms with Crippen LogP contribution in [0.25, 0.3) is 10.2 Å². The molecule has 1 amide bonds. The second-order valence-corrected chi connectivity index (χ2v) is 7.62. The number of amides is 1. The molecule has 1 aliphatic heterocycles. The summed E-state index contributed by atoms with van der Waals surface area (Å²) in [5.74, 6) is 1.02. The van der Waals surface area contributed by atoms with Crippen LogP contribution in [0.2, 0.25) is 0 Å². The number of nitrogens with zero attached hydrogens (tertiary/aromatic N) is 1. The lowest BCUT2D eigenvalue weighted by Crippen LogP contribution is -2.57. The molecule has 0 bridgehead atoms. The summed E-state index contributed by atoms with van der Waals surface area (Å²) in [6.07, 6.45) is 5.56. The number of ether oxygens (including phenoxy) is 1. The molecule has 2 heterocycles. The third-order valence-electron chi connectivity index (χ3n) is 5.14. The number of piperidine rings is 1. The van der Waals surface area contributed by atoms with Crippen molar-refractivity contribution in [2.75, 3.05) is 19.0 Å². The minimum Gasteiger partial charge on any atom is -0.497 e. The van der Waals surface area contributed by atoms with Crippen molar-refractivity contribution in [3.8, 4) is 5.75 Å². The molecule has 1 saturated heterocycles. The van der Waals surface area contributed by atoms with Crippen LogP contribution in [0, 0.1) is 5.92 Å². The van der Waals surface area contributed by atoms with E-state index in [0.717, 1.165) is 35.4 Å². The highest BCUT2D eigenvalue weighted by molar-refractivity contribution is 7.22. The molecule has 1 aliphatic carbocycles. The van der Waals surface area contributed by atoms with E-state index < -0.39 is 0 Å². The Balaban J connectivity index is 1.47. The average molecular weight is 331 g/mol. The van der Waals surface area contributed by atoms with Crippen molar-refractivity contribution in [2.45, 2.75) is 37.6 Å². The molecule has 1 aromatic heterocycles. The molecule has 1 aromatic carbocycles. The van der Waals surface area contributed by atoms with Crippen LogP contribution in [0.1, 0.15) is 32.1 Å². The van der Waals surface area contributed by atoms with Crippen molar-refractivity contribution in [3.05, 3.63) is 18.2 Å². The topological polar surface area (TPSA) is 63.2 Å². The van der Waals surface area contributed by atoms with Crippen molar-refractivity contribution < 1.29 is 9.53 Å². The number of nitrogens with one attached hydrogen (secondary N) is 2. The van der Waals surface area contributed by atoms with Crippen LogP contribution in [0.5, 0.6) is 5.75 Å². The van der Waals surface area contributed by atoms with Gasteiger partial charge in [0, 0.05) is 11.5 Å². The summed E-state index contributed by atoms with van der Waals surface area (Å²) in [6, 6.07) is 5.77. The number of thiazole rings is 1. The summed E-state index contributed by atoms with van der Waals surface area (Å²) in [6.45, 7) is 0.940. The van der Waals surface area contributed by atoms with Gasteiger partial charge in [-0.3, -0.25) is 4.79 Å². The monoisotopic (exact) mass is 331 g/mol. The van der Waals surface area contributed by atoms with E-state index in [2.05, 4.69) is 15.6 Å². The van der Waals surface area contributed by atoms with Gasteiger partial charge < -0.3 is 15.4 Å². The number of fused-ring (bicyclic) bond motifs is 1. The lowest BCUT2D eigenvalue weighted by molar-refractivity contribution is -0.122. The van der Waals surface area contributed by atoms with E-state index >= 15 is 0 Å². The van der Waals surface area contributed by atoms with Crippen molar-refractivity contribution in [2.24, 2.45) is 5.92 Å². The molecule has 1 spiro atoms.